The molecule has 0 spiro atoms. The third kappa shape index (κ3) is 2.38. The Morgan fingerprint density at radius 2 is 2.25 bits per heavy atom. The molecule has 0 bridgehead atoms. The zero-order valence-corrected chi connectivity index (χ0v) is 10.3. The second-order valence-corrected chi connectivity index (χ2v) is 5.40. The number of thiophene rings is 1. The number of nitrogens with zero attached hydrogens (tertiary/aromatic N) is 1. The molecule has 1 aromatic heterocycles. The maximum absolute atomic E-state index is 10.8. The minimum Gasteiger partial charge on any atom is -0.477 e. The van der Waals surface area contributed by atoms with Crippen molar-refractivity contribution in [1.82, 2.24) is 0 Å². The summed E-state index contributed by atoms with van der Waals surface area (Å²) in [5.41, 5.74) is 0. The molecule has 88 valence electrons. The summed E-state index contributed by atoms with van der Waals surface area (Å²) in [5, 5.41) is 10.0. The highest BCUT2D eigenvalue weighted by Gasteiger charge is 2.19. The van der Waals surface area contributed by atoms with E-state index in [-0.39, 0.29) is 0 Å². The Labute approximate surface area is 99.7 Å². The van der Waals surface area contributed by atoms with E-state index in [4.69, 9.17) is 5.11 Å². The van der Waals surface area contributed by atoms with E-state index in [9.17, 15) is 4.79 Å². The molecule has 1 N–H and O–H groups in total. The average molecular weight is 239 g/mol. The maximum atomic E-state index is 10.8. The standard InChI is InChI=1S/C12H17NO2S/c1-9-5-3-2-4-8-13(9)11-7-6-10(16-11)12(14)15/h6-7,9H,2-5,8H2,1H3,(H,14,15). The third-order valence-corrected chi connectivity index (χ3v) is 4.25. The van der Waals surface area contributed by atoms with Gasteiger partial charge >= 0.3 is 5.97 Å². The number of aromatic carboxylic acids is 1. The van der Waals surface area contributed by atoms with Crippen LogP contribution in [0.25, 0.3) is 0 Å². The van der Waals surface area contributed by atoms with E-state index in [1.807, 2.05) is 6.07 Å². The van der Waals surface area contributed by atoms with Gasteiger partial charge in [-0.15, -0.1) is 11.3 Å². The molecule has 0 aromatic carbocycles. The Bertz CT molecular complexity index is 375. The summed E-state index contributed by atoms with van der Waals surface area (Å²) < 4.78 is 0. The number of carboxylic acids is 1. The van der Waals surface area contributed by atoms with Gasteiger partial charge in [0.1, 0.15) is 4.88 Å². The lowest BCUT2D eigenvalue weighted by Crippen LogP contribution is -2.31. The van der Waals surface area contributed by atoms with Crippen LogP contribution in [0.1, 0.15) is 42.3 Å². The van der Waals surface area contributed by atoms with Gasteiger partial charge in [-0.3, -0.25) is 0 Å². The minimum absolute atomic E-state index is 0.437. The molecule has 16 heavy (non-hydrogen) atoms. The van der Waals surface area contributed by atoms with Crippen LogP contribution in [0.4, 0.5) is 5.00 Å². The van der Waals surface area contributed by atoms with Gasteiger partial charge in [0, 0.05) is 12.6 Å². The Balaban J connectivity index is 2.17. The summed E-state index contributed by atoms with van der Waals surface area (Å²) in [7, 11) is 0. The third-order valence-electron chi connectivity index (χ3n) is 3.14. The van der Waals surface area contributed by atoms with Crippen molar-refractivity contribution in [1.29, 1.82) is 0 Å². The van der Waals surface area contributed by atoms with Crippen LogP contribution in [0, 0.1) is 0 Å². The fourth-order valence-electron chi connectivity index (χ4n) is 2.20. The molecule has 1 atom stereocenters. The van der Waals surface area contributed by atoms with Crippen LogP contribution in [-0.4, -0.2) is 23.7 Å². The summed E-state index contributed by atoms with van der Waals surface area (Å²) in [4.78, 5) is 13.6. The van der Waals surface area contributed by atoms with Crippen LogP contribution in [0.5, 0.6) is 0 Å². The van der Waals surface area contributed by atoms with Gasteiger partial charge < -0.3 is 10.0 Å². The Kier molecular flexibility index (Phi) is 3.49. The first-order valence-corrected chi connectivity index (χ1v) is 6.60. The first-order valence-electron chi connectivity index (χ1n) is 5.78. The largest absolute Gasteiger partial charge is 0.477 e. The number of hydrogen-bond donors (Lipinski definition) is 1. The topological polar surface area (TPSA) is 40.5 Å². The van der Waals surface area contributed by atoms with Crippen LogP contribution < -0.4 is 4.90 Å². The van der Waals surface area contributed by atoms with Crippen molar-refractivity contribution < 1.29 is 9.90 Å². The van der Waals surface area contributed by atoms with Gasteiger partial charge in [0.05, 0.1) is 5.00 Å². The zero-order valence-electron chi connectivity index (χ0n) is 9.48. The lowest BCUT2D eigenvalue weighted by Gasteiger charge is -2.27. The van der Waals surface area contributed by atoms with E-state index in [0.29, 0.717) is 10.9 Å². The molecule has 1 aromatic rings. The van der Waals surface area contributed by atoms with Gasteiger partial charge in [-0.1, -0.05) is 12.8 Å². The smallest absolute Gasteiger partial charge is 0.345 e. The van der Waals surface area contributed by atoms with Crippen molar-refractivity contribution in [3.63, 3.8) is 0 Å². The number of rotatable bonds is 2. The van der Waals surface area contributed by atoms with Crippen LogP contribution in [0.15, 0.2) is 12.1 Å². The first kappa shape index (κ1) is 11.5. The summed E-state index contributed by atoms with van der Waals surface area (Å²) in [6.45, 7) is 3.28. The molecule has 0 saturated carbocycles. The van der Waals surface area contributed by atoms with Gasteiger partial charge in [-0.05, 0) is 31.9 Å². The maximum Gasteiger partial charge on any atom is 0.345 e. The van der Waals surface area contributed by atoms with Gasteiger partial charge in [0.2, 0.25) is 0 Å². The molecule has 0 amide bonds. The van der Waals surface area contributed by atoms with E-state index in [0.717, 1.165) is 11.5 Å². The molecule has 1 aliphatic rings. The van der Waals surface area contributed by atoms with Gasteiger partial charge in [0.25, 0.3) is 0 Å². The van der Waals surface area contributed by atoms with E-state index < -0.39 is 5.97 Å². The van der Waals surface area contributed by atoms with Crippen molar-refractivity contribution in [2.24, 2.45) is 0 Å². The molecular formula is C12H17NO2S. The highest BCUT2D eigenvalue weighted by Crippen LogP contribution is 2.30. The number of anilines is 1. The van der Waals surface area contributed by atoms with Crippen LogP contribution in [0.3, 0.4) is 0 Å². The number of carboxylic acid groups (broad SMARTS) is 1. The fourth-order valence-corrected chi connectivity index (χ4v) is 3.17. The highest BCUT2D eigenvalue weighted by atomic mass is 32.1. The van der Waals surface area contributed by atoms with Crippen molar-refractivity contribution in [3.8, 4) is 0 Å². The molecule has 1 aliphatic heterocycles. The number of hydrogen-bond acceptors (Lipinski definition) is 3. The SMILES string of the molecule is CC1CCCCCN1c1ccc(C(=O)O)s1. The average Bonchev–Trinajstić information content (AvgIpc) is 2.63. The second-order valence-electron chi connectivity index (χ2n) is 4.33. The number of carbonyl (C=O) groups is 1. The minimum atomic E-state index is -0.821. The summed E-state index contributed by atoms with van der Waals surface area (Å²) in [6.07, 6.45) is 5.00. The van der Waals surface area contributed by atoms with Gasteiger partial charge in [-0.25, -0.2) is 4.79 Å². The zero-order chi connectivity index (χ0) is 11.5. The van der Waals surface area contributed by atoms with Crippen LogP contribution in [-0.2, 0) is 0 Å². The monoisotopic (exact) mass is 239 g/mol. The van der Waals surface area contributed by atoms with Gasteiger partial charge in [-0.2, -0.15) is 0 Å². The van der Waals surface area contributed by atoms with E-state index >= 15 is 0 Å². The Hall–Kier alpha value is -1.03. The van der Waals surface area contributed by atoms with Crippen molar-refractivity contribution in [3.05, 3.63) is 17.0 Å². The van der Waals surface area contributed by atoms with Crippen molar-refractivity contribution in [2.75, 3.05) is 11.4 Å². The van der Waals surface area contributed by atoms with E-state index in [2.05, 4.69) is 11.8 Å². The summed E-state index contributed by atoms with van der Waals surface area (Å²) >= 11 is 1.39. The van der Waals surface area contributed by atoms with E-state index in [1.165, 1.54) is 37.0 Å². The molecule has 2 rings (SSSR count). The molecule has 0 radical (unpaired) electrons. The van der Waals surface area contributed by atoms with Crippen molar-refractivity contribution in [2.45, 2.75) is 38.6 Å². The predicted molar refractivity (Wildman–Crippen MR) is 66.6 cm³/mol. The first-order chi connectivity index (χ1) is 7.68. The molecule has 1 fully saturated rings. The lowest BCUT2D eigenvalue weighted by atomic mass is 10.1. The van der Waals surface area contributed by atoms with Gasteiger partial charge in [0.15, 0.2) is 0 Å². The predicted octanol–water partition coefficient (Wildman–Crippen LogP) is 3.22. The molecule has 2 heterocycles. The Morgan fingerprint density at radius 1 is 1.44 bits per heavy atom. The normalized spacial score (nSPS) is 21.8. The molecular weight excluding hydrogens is 222 g/mol. The second kappa shape index (κ2) is 4.87. The Morgan fingerprint density at radius 3 is 2.94 bits per heavy atom. The molecule has 1 unspecified atom stereocenters. The molecule has 0 aliphatic carbocycles. The lowest BCUT2D eigenvalue weighted by molar-refractivity contribution is 0.0702. The highest BCUT2D eigenvalue weighted by molar-refractivity contribution is 7.17. The van der Waals surface area contributed by atoms with Crippen LogP contribution >= 0.6 is 11.3 Å². The fraction of sp³-hybridized carbons (Fsp3) is 0.583. The molecule has 1 saturated heterocycles. The quantitative estimate of drug-likeness (QED) is 0.861. The van der Waals surface area contributed by atoms with Crippen molar-refractivity contribution >= 4 is 22.3 Å². The molecule has 3 nitrogen and oxygen atoms in total. The summed E-state index contributed by atoms with van der Waals surface area (Å²) in [6, 6.07) is 4.18. The summed E-state index contributed by atoms with van der Waals surface area (Å²) in [5.74, 6) is -0.821. The van der Waals surface area contributed by atoms with E-state index in [1.54, 1.807) is 6.07 Å². The van der Waals surface area contributed by atoms with Crippen LogP contribution in [0.2, 0.25) is 0 Å². The molecule has 4 heteroatoms.